The van der Waals surface area contributed by atoms with Crippen LogP contribution in [0, 0.1) is 5.92 Å². The summed E-state index contributed by atoms with van der Waals surface area (Å²) in [6.45, 7) is 2.65. The second-order valence-electron chi connectivity index (χ2n) is 8.48. The molecule has 30 heavy (non-hydrogen) atoms. The number of carbonyl (C=O) groups excluding carboxylic acids is 1. The van der Waals surface area contributed by atoms with Gasteiger partial charge in [0.05, 0.1) is 6.10 Å². The molecule has 0 spiro atoms. The fourth-order valence-corrected chi connectivity index (χ4v) is 4.41. The molecule has 0 bridgehead atoms. The molecule has 4 rings (SSSR count). The Labute approximate surface area is 179 Å². The molecule has 0 N–H and O–H groups in total. The second-order valence-corrected chi connectivity index (χ2v) is 8.48. The number of benzene rings is 1. The minimum Gasteiger partial charge on any atom is -0.491 e. The molecule has 1 aromatic heterocycles. The Kier molecular flexibility index (Phi) is 7.35. The van der Waals surface area contributed by atoms with Crippen molar-refractivity contribution >= 4 is 5.91 Å². The van der Waals surface area contributed by atoms with E-state index in [1.807, 2.05) is 35.4 Å². The highest BCUT2D eigenvalue weighted by molar-refractivity contribution is 5.79. The summed E-state index contributed by atoms with van der Waals surface area (Å²) in [5.74, 6) is 1.29. The Bertz CT molecular complexity index is 782. The Morgan fingerprint density at radius 1 is 1.00 bits per heavy atom. The van der Waals surface area contributed by atoms with E-state index in [0.717, 1.165) is 62.0 Å². The standard InChI is InChI=1S/C25H32N2O3/c28-25(22-7-2-1-3-8-22)27(18-21-6-4-14-26-16-21)17-20-10-12-23(13-11-20)30-19-24-9-5-15-29-24/h4,6,10-14,16,22,24H,1-3,5,7-9,15,17-19H2/t24-/m1/s1. The maximum absolute atomic E-state index is 13.3. The van der Waals surface area contributed by atoms with Crippen molar-refractivity contribution in [2.45, 2.75) is 64.1 Å². The molecule has 1 saturated heterocycles. The molecule has 5 nitrogen and oxygen atoms in total. The summed E-state index contributed by atoms with van der Waals surface area (Å²) in [5, 5.41) is 0. The Morgan fingerprint density at radius 3 is 2.50 bits per heavy atom. The molecule has 2 aliphatic rings. The molecular weight excluding hydrogens is 376 g/mol. The largest absolute Gasteiger partial charge is 0.491 e. The first-order valence-corrected chi connectivity index (χ1v) is 11.3. The van der Waals surface area contributed by atoms with Crippen LogP contribution in [0.3, 0.4) is 0 Å². The Morgan fingerprint density at radius 2 is 1.80 bits per heavy atom. The number of rotatable bonds is 8. The molecule has 2 aromatic rings. The molecule has 1 atom stereocenters. The lowest BCUT2D eigenvalue weighted by Crippen LogP contribution is -2.36. The Balaban J connectivity index is 1.40. The van der Waals surface area contributed by atoms with Crippen LogP contribution in [-0.4, -0.2) is 35.1 Å². The summed E-state index contributed by atoms with van der Waals surface area (Å²) in [6, 6.07) is 12.1. The van der Waals surface area contributed by atoms with Crippen LogP contribution in [0.25, 0.3) is 0 Å². The zero-order valence-corrected chi connectivity index (χ0v) is 17.7. The summed E-state index contributed by atoms with van der Waals surface area (Å²) in [4.78, 5) is 19.5. The highest BCUT2D eigenvalue weighted by Crippen LogP contribution is 2.27. The maximum Gasteiger partial charge on any atom is 0.226 e. The molecule has 160 valence electrons. The lowest BCUT2D eigenvalue weighted by molar-refractivity contribution is -0.137. The minimum atomic E-state index is 0.157. The van der Waals surface area contributed by atoms with Crippen LogP contribution in [-0.2, 0) is 22.6 Å². The van der Waals surface area contributed by atoms with Crippen LogP contribution in [0.2, 0.25) is 0 Å². The van der Waals surface area contributed by atoms with Crippen molar-refractivity contribution in [3.63, 3.8) is 0 Å². The van der Waals surface area contributed by atoms with Crippen molar-refractivity contribution in [3.05, 3.63) is 59.9 Å². The van der Waals surface area contributed by atoms with Gasteiger partial charge in [0.2, 0.25) is 5.91 Å². The SMILES string of the molecule is O=C(C1CCCCC1)N(Cc1ccc(OC[C@H]2CCCO2)cc1)Cc1cccnc1. The molecule has 0 radical (unpaired) electrons. The van der Waals surface area contributed by atoms with E-state index in [0.29, 0.717) is 19.7 Å². The van der Waals surface area contributed by atoms with E-state index in [-0.39, 0.29) is 17.9 Å². The molecular formula is C25H32N2O3. The fraction of sp³-hybridized carbons (Fsp3) is 0.520. The van der Waals surface area contributed by atoms with Crippen molar-refractivity contribution < 1.29 is 14.3 Å². The van der Waals surface area contributed by atoms with Crippen molar-refractivity contribution in [2.24, 2.45) is 5.92 Å². The lowest BCUT2D eigenvalue weighted by Gasteiger charge is -2.29. The lowest BCUT2D eigenvalue weighted by atomic mass is 9.88. The zero-order valence-electron chi connectivity index (χ0n) is 17.7. The highest BCUT2D eigenvalue weighted by atomic mass is 16.5. The molecule has 1 aromatic carbocycles. The van der Waals surface area contributed by atoms with Crippen LogP contribution < -0.4 is 4.74 Å². The zero-order chi connectivity index (χ0) is 20.6. The molecule has 2 heterocycles. The van der Waals surface area contributed by atoms with Gasteiger partial charge < -0.3 is 14.4 Å². The van der Waals surface area contributed by atoms with E-state index in [9.17, 15) is 4.79 Å². The predicted octanol–water partition coefficient (Wildman–Crippen LogP) is 4.75. The van der Waals surface area contributed by atoms with Crippen molar-refractivity contribution in [2.75, 3.05) is 13.2 Å². The van der Waals surface area contributed by atoms with Gasteiger partial charge in [0.1, 0.15) is 12.4 Å². The number of nitrogens with zero attached hydrogens (tertiary/aromatic N) is 2. The molecule has 2 fully saturated rings. The van der Waals surface area contributed by atoms with E-state index >= 15 is 0 Å². The van der Waals surface area contributed by atoms with Gasteiger partial charge in [-0.05, 0) is 55.0 Å². The maximum atomic E-state index is 13.3. The van der Waals surface area contributed by atoms with E-state index in [2.05, 4.69) is 17.1 Å². The van der Waals surface area contributed by atoms with E-state index < -0.39 is 0 Å². The highest BCUT2D eigenvalue weighted by Gasteiger charge is 2.26. The van der Waals surface area contributed by atoms with Crippen LogP contribution >= 0.6 is 0 Å². The number of ether oxygens (including phenoxy) is 2. The van der Waals surface area contributed by atoms with Gasteiger partial charge in [-0.3, -0.25) is 9.78 Å². The van der Waals surface area contributed by atoms with E-state index in [1.165, 1.54) is 6.42 Å². The van der Waals surface area contributed by atoms with Gasteiger partial charge in [-0.2, -0.15) is 0 Å². The number of pyridine rings is 1. The summed E-state index contributed by atoms with van der Waals surface area (Å²) in [5.41, 5.74) is 2.19. The quantitative estimate of drug-likeness (QED) is 0.633. The normalized spacial score (nSPS) is 19.5. The van der Waals surface area contributed by atoms with Crippen LogP contribution in [0.5, 0.6) is 5.75 Å². The molecule has 1 aliphatic carbocycles. The van der Waals surface area contributed by atoms with Gasteiger partial charge >= 0.3 is 0 Å². The Hall–Kier alpha value is -2.40. The number of hydrogen-bond acceptors (Lipinski definition) is 4. The molecule has 1 aliphatic heterocycles. The van der Waals surface area contributed by atoms with Gasteiger partial charge in [-0.15, -0.1) is 0 Å². The van der Waals surface area contributed by atoms with Crippen LogP contribution in [0.4, 0.5) is 0 Å². The summed E-state index contributed by atoms with van der Waals surface area (Å²) in [7, 11) is 0. The first kappa shape index (κ1) is 20.9. The average molecular weight is 409 g/mol. The predicted molar refractivity (Wildman–Crippen MR) is 116 cm³/mol. The number of carbonyl (C=O) groups is 1. The molecule has 0 unspecified atom stereocenters. The molecule has 1 saturated carbocycles. The van der Waals surface area contributed by atoms with Crippen LogP contribution in [0.1, 0.15) is 56.1 Å². The van der Waals surface area contributed by atoms with Crippen molar-refractivity contribution in [1.29, 1.82) is 0 Å². The first-order chi connectivity index (χ1) is 14.8. The number of hydrogen-bond donors (Lipinski definition) is 0. The van der Waals surface area contributed by atoms with Gasteiger partial charge in [0, 0.05) is 38.0 Å². The van der Waals surface area contributed by atoms with Crippen molar-refractivity contribution in [1.82, 2.24) is 9.88 Å². The summed E-state index contributed by atoms with van der Waals surface area (Å²) < 4.78 is 11.5. The van der Waals surface area contributed by atoms with E-state index in [1.54, 1.807) is 6.20 Å². The van der Waals surface area contributed by atoms with Gasteiger partial charge in [0.25, 0.3) is 0 Å². The van der Waals surface area contributed by atoms with Gasteiger partial charge in [-0.1, -0.05) is 37.5 Å². The van der Waals surface area contributed by atoms with E-state index in [4.69, 9.17) is 9.47 Å². The summed E-state index contributed by atoms with van der Waals surface area (Å²) in [6.07, 6.45) is 11.6. The second kappa shape index (κ2) is 10.6. The minimum absolute atomic E-state index is 0.157. The third-order valence-corrected chi connectivity index (χ3v) is 6.12. The smallest absolute Gasteiger partial charge is 0.226 e. The molecule has 1 amide bonds. The topological polar surface area (TPSA) is 51.7 Å². The number of amides is 1. The third kappa shape index (κ3) is 5.82. The monoisotopic (exact) mass is 408 g/mol. The summed E-state index contributed by atoms with van der Waals surface area (Å²) >= 11 is 0. The fourth-order valence-electron chi connectivity index (χ4n) is 4.41. The number of aromatic nitrogens is 1. The first-order valence-electron chi connectivity index (χ1n) is 11.3. The molecule has 5 heteroatoms. The van der Waals surface area contributed by atoms with Crippen LogP contribution in [0.15, 0.2) is 48.8 Å². The average Bonchev–Trinajstić information content (AvgIpc) is 3.33. The van der Waals surface area contributed by atoms with Crippen molar-refractivity contribution in [3.8, 4) is 5.75 Å². The van der Waals surface area contributed by atoms with Gasteiger partial charge in [0.15, 0.2) is 0 Å². The third-order valence-electron chi connectivity index (χ3n) is 6.12. The van der Waals surface area contributed by atoms with Gasteiger partial charge in [-0.25, -0.2) is 0 Å².